The van der Waals surface area contributed by atoms with Crippen LogP contribution >= 0.6 is 0 Å². The van der Waals surface area contributed by atoms with Crippen molar-refractivity contribution in [1.29, 1.82) is 0 Å². The van der Waals surface area contributed by atoms with Crippen LogP contribution in [0.25, 0.3) is 0 Å². The predicted molar refractivity (Wildman–Crippen MR) is 125 cm³/mol. The Morgan fingerprint density at radius 2 is 0.793 bits per heavy atom. The zero-order chi connectivity index (χ0) is 20.1. The molecule has 150 valence electrons. The number of nitrogens with two attached hydrogens (primary N) is 2. The van der Waals surface area contributed by atoms with E-state index >= 15 is 0 Å². The summed E-state index contributed by atoms with van der Waals surface area (Å²) >= 11 is 0. The summed E-state index contributed by atoms with van der Waals surface area (Å²) in [4.78, 5) is 0. The van der Waals surface area contributed by atoms with Crippen LogP contribution in [0, 0.1) is 0 Å². The summed E-state index contributed by atoms with van der Waals surface area (Å²) in [5.41, 5.74) is 17.5. The molecule has 0 atom stereocenters. The minimum Gasteiger partial charge on any atom is -0.399 e. The molecule has 0 aromatic heterocycles. The zero-order valence-corrected chi connectivity index (χ0v) is 16.6. The maximum Gasteiger partial charge on any atom is 0.0385 e. The van der Waals surface area contributed by atoms with Gasteiger partial charge in [0.1, 0.15) is 0 Å². The molecule has 4 rings (SSSR count). The first-order chi connectivity index (χ1) is 14.1. The van der Waals surface area contributed by atoms with E-state index in [0.29, 0.717) is 12.1 Å². The Kier molecular flexibility index (Phi) is 5.75. The summed E-state index contributed by atoms with van der Waals surface area (Å²) in [6, 6.07) is 25.3. The average molecular weight is 388 g/mol. The first kappa shape index (κ1) is 19.0. The molecule has 7 N–H and O–H groups in total. The molecule has 0 heterocycles. The molecule has 0 saturated heterocycles. The number of nitrogens with one attached hydrogen (secondary N) is 3. The fraction of sp³-hybridized carbons (Fsp3) is 0.250. The Hall–Kier alpha value is -3.34. The molecule has 0 amide bonds. The Morgan fingerprint density at radius 1 is 0.483 bits per heavy atom. The molecule has 5 nitrogen and oxygen atoms in total. The Bertz CT molecular complexity index is 896. The van der Waals surface area contributed by atoms with Crippen LogP contribution in [0.5, 0.6) is 0 Å². The average Bonchev–Trinajstić information content (AvgIpc) is 2.74. The van der Waals surface area contributed by atoms with E-state index in [9.17, 15) is 0 Å². The molecule has 1 aliphatic carbocycles. The number of hydrogen-bond acceptors (Lipinski definition) is 5. The molecule has 0 radical (unpaired) electrons. The van der Waals surface area contributed by atoms with E-state index in [1.807, 2.05) is 36.4 Å². The van der Waals surface area contributed by atoms with Gasteiger partial charge in [0.15, 0.2) is 0 Å². The van der Waals surface area contributed by atoms with Crippen molar-refractivity contribution < 1.29 is 0 Å². The number of nitrogen functional groups attached to an aromatic ring is 2. The highest BCUT2D eigenvalue weighted by molar-refractivity contribution is 5.64. The van der Waals surface area contributed by atoms with Crippen LogP contribution in [0.2, 0.25) is 0 Å². The van der Waals surface area contributed by atoms with Gasteiger partial charge in [0.25, 0.3) is 0 Å². The molecule has 29 heavy (non-hydrogen) atoms. The summed E-state index contributed by atoms with van der Waals surface area (Å²) in [7, 11) is 0. The maximum atomic E-state index is 5.76. The van der Waals surface area contributed by atoms with Gasteiger partial charge in [-0.2, -0.15) is 0 Å². The van der Waals surface area contributed by atoms with Gasteiger partial charge in [-0.1, -0.05) is 0 Å². The lowest BCUT2D eigenvalue weighted by molar-refractivity contribution is 0.429. The van der Waals surface area contributed by atoms with Gasteiger partial charge >= 0.3 is 0 Å². The lowest BCUT2D eigenvalue weighted by Crippen LogP contribution is -2.32. The molecular weight excluding hydrogens is 358 g/mol. The van der Waals surface area contributed by atoms with E-state index in [0.717, 1.165) is 41.3 Å². The van der Waals surface area contributed by atoms with Crippen LogP contribution in [0.1, 0.15) is 25.7 Å². The molecule has 1 saturated carbocycles. The summed E-state index contributed by atoms with van der Waals surface area (Å²) < 4.78 is 0. The minimum absolute atomic E-state index is 0.523. The van der Waals surface area contributed by atoms with Gasteiger partial charge in [0.2, 0.25) is 0 Å². The van der Waals surface area contributed by atoms with E-state index in [1.165, 1.54) is 18.5 Å². The Morgan fingerprint density at radius 3 is 1.21 bits per heavy atom. The molecular formula is C24H29N5. The second-order valence-electron chi connectivity index (χ2n) is 7.78. The topological polar surface area (TPSA) is 88.1 Å². The van der Waals surface area contributed by atoms with Gasteiger partial charge in [0, 0.05) is 46.2 Å². The second-order valence-corrected chi connectivity index (χ2v) is 7.78. The van der Waals surface area contributed by atoms with Crippen molar-refractivity contribution in [3.63, 3.8) is 0 Å². The largest absolute Gasteiger partial charge is 0.399 e. The molecule has 1 fully saturated rings. The van der Waals surface area contributed by atoms with E-state index in [1.54, 1.807) is 0 Å². The van der Waals surface area contributed by atoms with Crippen molar-refractivity contribution in [3.8, 4) is 0 Å². The van der Waals surface area contributed by atoms with Gasteiger partial charge in [-0.3, -0.25) is 0 Å². The Balaban J connectivity index is 1.24. The van der Waals surface area contributed by atoms with E-state index < -0.39 is 0 Å². The quantitative estimate of drug-likeness (QED) is 0.364. The van der Waals surface area contributed by atoms with Gasteiger partial charge < -0.3 is 27.4 Å². The number of rotatable bonds is 6. The zero-order valence-electron chi connectivity index (χ0n) is 16.6. The van der Waals surface area contributed by atoms with Gasteiger partial charge in [0.05, 0.1) is 0 Å². The van der Waals surface area contributed by atoms with Crippen LogP contribution in [0.4, 0.5) is 34.1 Å². The number of hydrogen-bond donors (Lipinski definition) is 5. The van der Waals surface area contributed by atoms with Crippen LogP contribution in [0.15, 0.2) is 72.8 Å². The molecule has 1 aliphatic rings. The van der Waals surface area contributed by atoms with Gasteiger partial charge in [-0.25, -0.2) is 0 Å². The van der Waals surface area contributed by atoms with Crippen molar-refractivity contribution in [2.24, 2.45) is 0 Å². The van der Waals surface area contributed by atoms with Gasteiger partial charge in [-0.05, 0) is 98.5 Å². The third kappa shape index (κ3) is 5.35. The lowest BCUT2D eigenvalue weighted by atomic mass is 9.91. The van der Waals surface area contributed by atoms with Crippen molar-refractivity contribution in [2.45, 2.75) is 37.8 Å². The first-order valence-corrected chi connectivity index (χ1v) is 10.3. The molecule has 0 aliphatic heterocycles. The first-order valence-electron chi connectivity index (χ1n) is 10.3. The van der Waals surface area contributed by atoms with Crippen LogP contribution < -0.4 is 27.4 Å². The molecule has 0 bridgehead atoms. The van der Waals surface area contributed by atoms with Crippen molar-refractivity contribution in [3.05, 3.63) is 72.8 Å². The van der Waals surface area contributed by atoms with Crippen LogP contribution in [0.3, 0.4) is 0 Å². The highest BCUT2D eigenvalue weighted by Crippen LogP contribution is 2.26. The predicted octanol–water partition coefficient (Wildman–Crippen LogP) is 5.43. The van der Waals surface area contributed by atoms with E-state index in [-0.39, 0.29) is 0 Å². The lowest BCUT2D eigenvalue weighted by Gasteiger charge is -2.31. The fourth-order valence-corrected chi connectivity index (χ4v) is 3.82. The summed E-state index contributed by atoms with van der Waals surface area (Å²) in [5, 5.41) is 10.7. The smallest absolute Gasteiger partial charge is 0.0385 e. The molecule has 3 aromatic rings. The molecule has 5 heteroatoms. The normalized spacial score (nSPS) is 18.8. The Labute approximate surface area is 172 Å². The summed E-state index contributed by atoms with van der Waals surface area (Å²) in [5.74, 6) is 0. The van der Waals surface area contributed by atoms with E-state index in [4.69, 9.17) is 11.5 Å². The third-order valence-electron chi connectivity index (χ3n) is 5.46. The highest BCUT2D eigenvalue weighted by Gasteiger charge is 2.20. The summed E-state index contributed by atoms with van der Waals surface area (Å²) in [6.45, 7) is 0. The van der Waals surface area contributed by atoms with Crippen molar-refractivity contribution in [1.82, 2.24) is 0 Å². The van der Waals surface area contributed by atoms with Crippen molar-refractivity contribution in [2.75, 3.05) is 27.4 Å². The number of benzene rings is 3. The van der Waals surface area contributed by atoms with E-state index in [2.05, 4.69) is 52.3 Å². The second kappa shape index (κ2) is 8.78. The molecule has 0 unspecified atom stereocenters. The number of anilines is 6. The SMILES string of the molecule is Nc1ccc(Nc2ccc(NC3CCC(Nc4ccc(N)cc4)CC3)cc2)cc1. The maximum absolute atomic E-state index is 5.76. The highest BCUT2D eigenvalue weighted by atomic mass is 15.0. The van der Waals surface area contributed by atoms with Crippen LogP contribution in [-0.2, 0) is 0 Å². The molecule has 0 spiro atoms. The molecule has 3 aromatic carbocycles. The third-order valence-corrected chi connectivity index (χ3v) is 5.46. The fourth-order valence-electron chi connectivity index (χ4n) is 3.82. The standard InChI is InChI=1S/C24H29N5/c25-17-1-5-19(6-2-17)27-21-9-13-23(14-10-21)29-24-15-11-22(12-16-24)28-20-7-3-18(26)4-8-20/h1-10,13-14,22,24,27-29H,11-12,15-16,25-26H2. The summed E-state index contributed by atoms with van der Waals surface area (Å²) in [6.07, 6.45) is 4.66. The monoisotopic (exact) mass is 387 g/mol. The van der Waals surface area contributed by atoms with Gasteiger partial charge in [-0.15, -0.1) is 0 Å². The van der Waals surface area contributed by atoms with Crippen LogP contribution in [-0.4, -0.2) is 12.1 Å². The minimum atomic E-state index is 0.523. The van der Waals surface area contributed by atoms with Crippen molar-refractivity contribution >= 4 is 34.1 Å².